The van der Waals surface area contributed by atoms with Crippen molar-refractivity contribution >= 4 is 6.29 Å². The van der Waals surface area contributed by atoms with Crippen LogP contribution in [0.5, 0.6) is 0 Å². The Morgan fingerprint density at radius 2 is 2.25 bits per heavy atom. The maximum absolute atomic E-state index is 10.9. The Kier molecular flexibility index (Phi) is 2.03. The predicted molar refractivity (Wildman–Crippen MR) is 48.9 cm³/mol. The molecule has 0 aromatic carbocycles. The lowest BCUT2D eigenvalue weighted by atomic mass is 9.66. The summed E-state index contributed by atoms with van der Waals surface area (Å²) in [4.78, 5) is 10.9. The largest absolute Gasteiger partial charge is 0.303 e. The van der Waals surface area contributed by atoms with Crippen molar-refractivity contribution in [1.29, 1.82) is 0 Å². The molecule has 0 unspecified atom stereocenters. The first-order chi connectivity index (χ1) is 5.85. The topological polar surface area (TPSA) is 17.1 Å². The summed E-state index contributed by atoms with van der Waals surface area (Å²) in [6.45, 7) is 0. The summed E-state index contributed by atoms with van der Waals surface area (Å²) in [6, 6.07) is 0. The van der Waals surface area contributed by atoms with Crippen LogP contribution in [0.1, 0.15) is 44.9 Å². The van der Waals surface area contributed by atoms with E-state index in [1.807, 2.05) is 0 Å². The van der Waals surface area contributed by atoms with E-state index in [4.69, 9.17) is 0 Å². The van der Waals surface area contributed by atoms with Crippen molar-refractivity contribution < 1.29 is 4.79 Å². The number of allylic oxidation sites excluding steroid dienone is 2. The van der Waals surface area contributed by atoms with Crippen molar-refractivity contribution in [2.75, 3.05) is 0 Å². The van der Waals surface area contributed by atoms with Gasteiger partial charge in [0.05, 0.1) is 0 Å². The first kappa shape index (κ1) is 8.03. The van der Waals surface area contributed by atoms with Gasteiger partial charge in [0.25, 0.3) is 0 Å². The van der Waals surface area contributed by atoms with Crippen LogP contribution in [0.25, 0.3) is 0 Å². The maximum atomic E-state index is 10.9. The second-order valence-corrected chi connectivity index (χ2v) is 4.27. The van der Waals surface area contributed by atoms with Crippen molar-refractivity contribution in [3.05, 3.63) is 11.6 Å². The van der Waals surface area contributed by atoms with Crippen LogP contribution in [0.15, 0.2) is 11.6 Å². The van der Waals surface area contributed by atoms with Gasteiger partial charge < -0.3 is 4.79 Å². The smallest absolute Gasteiger partial charge is 0.126 e. The summed E-state index contributed by atoms with van der Waals surface area (Å²) < 4.78 is 0. The monoisotopic (exact) mass is 164 g/mol. The zero-order valence-electron chi connectivity index (χ0n) is 7.51. The highest BCUT2D eigenvalue weighted by Gasteiger charge is 2.37. The fraction of sp³-hybridized carbons (Fsp3) is 0.727. The van der Waals surface area contributed by atoms with Crippen LogP contribution in [0.2, 0.25) is 0 Å². The molecule has 0 amide bonds. The summed E-state index contributed by atoms with van der Waals surface area (Å²) in [5, 5.41) is 0. The molecule has 0 bridgehead atoms. The fourth-order valence-corrected chi connectivity index (χ4v) is 2.32. The van der Waals surface area contributed by atoms with E-state index < -0.39 is 0 Å². The molecule has 0 saturated heterocycles. The Morgan fingerprint density at radius 3 is 2.67 bits per heavy atom. The number of aldehydes is 1. The van der Waals surface area contributed by atoms with Gasteiger partial charge in [0.2, 0.25) is 0 Å². The van der Waals surface area contributed by atoms with Gasteiger partial charge in [0.15, 0.2) is 0 Å². The Hall–Kier alpha value is -0.590. The zero-order chi connectivity index (χ0) is 8.44. The van der Waals surface area contributed by atoms with Crippen LogP contribution in [-0.4, -0.2) is 6.29 Å². The number of carbonyl (C=O) groups is 1. The van der Waals surface area contributed by atoms with Crippen LogP contribution in [0, 0.1) is 5.41 Å². The third-order valence-corrected chi connectivity index (χ3v) is 3.31. The van der Waals surface area contributed by atoms with Gasteiger partial charge in [-0.25, -0.2) is 0 Å². The molecular formula is C11H16O. The molecule has 0 aromatic rings. The number of hydrogen-bond acceptors (Lipinski definition) is 1. The Balaban J connectivity index is 1.95. The third-order valence-electron chi connectivity index (χ3n) is 3.31. The highest BCUT2D eigenvalue weighted by atomic mass is 16.1. The highest BCUT2D eigenvalue weighted by molar-refractivity contribution is 5.61. The molecule has 0 N–H and O–H groups in total. The van der Waals surface area contributed by atoms with E-state index >= 15 is 0 Å². The molecule has 0 atom stereocenters. The van der Waals surface area contributed by atoms with Gasteiger partial charge in [-0.1, -0.05) is 18.1 Å². The van der Waals surface area contributed by atoms with Gasteiger partial charge in [0, 0.05) is 5.41 Å². The maximum Gasteiger partial charge on any atom is 0.126 e. The molecule has 2 aliphatic carbocycles. The predicted octanol–water partition coefficient (Wildman–Crippen LogP) is 2.86. The molecule has 1 fully saturated rings. The van der Waals surface area contributed by atoms with Gasteiger partial charge in [0.1, 0.15) is 6.29 Å². The SMILES string of the molecule is O=CC1(CC2=CCCC2)CCC1. The van der Waals surface area contributed by atoms with E-state index in [0.29, 0.717) is 0 Å². The molecule has 12 heavy (non-hydrogen) atoms. The van der Waals surface area contributed by atoms with Crippen LogP contribution in [0.4, 0.5) is 0 Å². The van der Waals surface area contributed by atoms with Crippen molar-refractivity contribution in [1.82, 2.24) is 0 Å². The minimum Gasteiger partial charge on any atom is -0.303 e. The molecule has 0 heterocycles. The average Bonchev–Trinajstić information content (AvgIpc) is 2.49. The van der Waals surface area contributed by atoms with Crippen molar-refractivity contribution in [3.63, 3.8) is 0 Å². The summed E-state index contributed by atoms with van der Waals surface area (Å²) in [5.41, 5.74) is 1.62. The lowest BCUT2D eigenvalue weighted by molar-refractivity contribution is -0.120. The molecule has 0 aromatic heterocycles. The van der Waals surface area contributed by atoms with E-state index in [1.165, 1.54) is 32.0 Å². The molecule has 2 aliphatic rings. The van der Waals surface area contributed by atoms with E-state index in [-0.39, 0.29) is 5.41 Å². The van der Waals surface area contributed by atoms with Crippen molar-refractivity contribution in [3.8, 4) is 0 Å². The van der Waals surface area contributed by atoms with Crippen molar-refractivity contribution in [2.24, 2.45) is 5.41 Å². The van der Waals surface area contributed by atoms with E-state index in [1.54, 1.807) is 5.57 Å². The summed E-state index contributed by atoms with van der Waals surface area (Å²) in [5.74, 6) is 0. The van der Waals surface area contributed by atoms with Gasteiger partial charge in [-0.3, -0.25) is 0 Å². The molecule has 1 heteroatoms. The van der Waals surface area contributed by atoms with Crippen LogP contribution < -0.4 is 0 Å². The summed E-state index contributed by atoms with van der Waals surface area (Å²) in [7, 11) is 0. The second kappa shape index (κ2) is 3.04. The molecular weight excluding hydrogens is 148 g/mol. The number of hydrogen-bond donors (Lipinski definition) is 0. The van der Waals surface area contributed by atoms with Gasteiger partial charge >= 0.3 is 0 Å². The second-order valence-electron chi connectivity index (χ2n) is 4.27. The van der Waals surface area contributed by atoms with E-state index in [0.717, 1.165) is 19.3 Å². The Bertz CT molecular complexity index is 211. The highest BCUT2D eigenvalue weighted by Crippen LogP contribution is 2.45. The summed E-state index contributed by atoms with van der Waals surface area (Å²) >= 11 is 0. The average molecular weight is 164 g/mol. The lowest BCUT2D eigenvalue weighted by Gasteiger charge is -2.37. The zero-order valence-corrected chi connectivity index (χ0v) is 7.51. The van der Waals surface area contributed by atoms with Crippen molar-refractivity contribution in [2.45, 2.75) is 44.9 Å². The van der Waals surface area contributed by atoms with Gasteiger partial charge in [-0.2, -0.15) is 0 Å². The first-order valence-corrected chi connectivity index (χ1v) is 4.99. The molecule has 0 aliphatic heterocycles. The molecule has 2 rings (SSSR count). The summed E-state index contributed by atoms with van der Waals surface area (Å²) in [6.07, 6.45) is 11.9. The standard InChI is InChI=1S/C11H16O/c12-9-11(6-3-7-11)8-10-4-1-2-5-10/h4,9H,1-3,5-8H2. The normalized spacial score (nSPS) is 26.2. The number of rotatable bonds is 3. The van der Waals surface area contributed by atoms with E-state index in [2.05, 4.69) is 6.08 Å². The Morgan fingerprint density at radius 1 is 1.42 bits per heavy atom. The molecule has 1 saturated carbocycles. The molecule has 0 spiro atoms. The van der Waals surface area contributed by atoms with Crippen LogP contribution in [0.3, 0.4) is 0 Å². The molecule has 0 radical (unpaired) electrons. The van der Waals surface area contributed by atoms with Crippen LogP contribution >= 0.6 is 0 Å². The van der Waals surface area contributed by atoms with E-state index in [9.17, 15) is 4.79 Å². The third kappa shape index (κ3) is 1.33. The molecule has 66 valence electrons. The fourth-order valence-electron chi connectivity index (χ4n) is 2.32. The van der Waals surface area contributed by atoms with Crippen LogP contribution in [-0.2, 0) is 4.79 Å². The Labute approximate surface area is 73.8 Å². The number of carbonyl (C=O) groups excluding carboxylic acids is 1. The van der Waals surface area contributed by atoms with Gasteiger partial charge in [-0.15, -0.1) is 0 Å². The van der Waals surface area contributed by atoms with Gasteiger partial charge in [-0.05, 0) is 38.5 Å². The first-order valence-electron chi connectivity index (χ1n) is 4.99. The lowest BCUT2D eigenvalue weighted by Crippen LogP contribution is -2.31. The minimum atomic E-state index is 0.0795. The quantitative estimate of drug-likeness (QED) is 0.463. The molecule has 1 nitrogen and oxygen atoms in total. The minimum absolute atomic E-state index is 0.0795.